The van der Waals surface area contributed by atoms with E-state index in [9.17, 15) is 4.39 Å². The number of guanidine groups is 1. The first kappa shape index (κ1) is 24.2. The van der Waals surface area contributed by atoms with Crippen molar-refractivity contribution in [3.05, 3.63) is 54.0 Å². The minimum Gasteiger partial charge on any atom is -0.489 e. The molecule has 2 heterocycles. The number of anilines is 1. The Morgan fingerprint density at radius 2 is 1.90 bits per heavy atom. The molecule has 3 rings (SSSR count). The lowest BCUT2D eigenvalue weighted by molar-refractivity contribution is 0.223. The molecule has 0 aliphatic carbocycles. The maximum Gasteiger partial charge on any atom is 0.191 e. The molecule has 0 amide bonds. The van der Waals surface area contributed by atoms with Gasteiger partial charge in [-0.1, -0.05) is 6.07 Å². The van der Waals surface area contributed by atoms with E-state index >= 15 is 0 Å². The highest BCUT2D eigenvalue weighted by atomic mass is 127. The van der Waals surface area contributed by atoms with Crippen LogP contribution in [0.1, 0.15) is 32.3 Å². The summed E-state index contributed by atoms with van der Waals surface area (Å²) >= 11 is 0. The standard InChI is InChI=1S/C22H30FN5O.HI/c1-3-24-22(26-14-17(2)29-20-9-7-19(23)8-10-20)27-16-18-6-11-21(25-15-18)28-12-4-5-13-28;/h6-11,15,17H,3-5,12-14,16H2,1-2H3,(H2,24,26,27);1H. The number of aromatic nitrogens is 1. The van der Waals surface area contributed by atoms with E-state index in [1.807, 2.05) is 20.0 Å². The molecule has 0 radical (unpaired) electrons. The van der Waals surface area contributed by atoms with Crippen molar-refractivity contribution in [1.82, 2.24) is 15.6 Å². The predicted molar refractivity (Wildman–Crippen MR) is 130 cm³/mol. The molecule has 0 saturated carbocycles. The molecule has 6 nitrogen and oxygen atoms in total. The molecule has 0 bridgehead atoms. The van der Waals surface area contributed by atoms with Crippen molar-refractivity contribution in [3.8, 4) is 5.75 Å². The quantitative estimate of drug-likeness (QED) is 0.309. The van der Waals surface area contributed by atoms with Crippen molar-refractivity contribution in [3.63, 3.8) is 0 Å². The number of hydrogen-bond acceptors (Lipinski definition) is 4. The van der Waals surface area contributed by atoms with Crippen molar-refractivity contribution in [2.75, 3.05) is 31.1 Å². The van der Waals surface area contributed by atoms with Gasteiger partial charge in [-0.2, -0.15) is 0 Å². The molecular weight excluding hydrogens is 496 g/mol. The number of nitrogens with one attached hydrogen (secondary N) is 2. The Labute approximate surface area is 195 Å². The highest BCUT2D eigenvalue weighted by Crippen LogP contribution is 2.17. The van der Waals surface area contributed by atoms with Gasteiger partial charge in [-0.3, -0.25) is 0 Å². The summed E-state index contributed by atoms with van der Waals surface area (Å²) in [6.07, 6.45) is 4.30. The van der Waals surface area contributed by atoms with Crippen LogP contribution < -0.4 is 20.3 Å². The van der Waals surface area contributed by atoms with Crippen LogP contribution in [-0.2, 0) is 6.54 Å². The summed E-state index contributed by atoms with van der Waals surface area (Å²) in [7, 11) is 0. The lowest BCUT2D eigenvalue weighted by Gasteiger charge is -2.18. The van der Waals surface area contributed by atoms with Gasteiger partial charge in [0.25, 0.3) is 0 Å². The predicted octanol–water partition coefficient (Wildman–Crippen LogP) is 3.96. The van der Waals surface area contributed by atoms with Gasteiger partial charge >= 0.3 is 0 Å². The number of benzene rings is 1. The van der Waals surface area contributed by atoms with E-state index in [1.165, 1.54) is 25.0 Å². The first-order valence-electron chi connectivity index (χ1n) is 10.3. The zero-order valence-corrected chi connectivity index (χ0v) is 19.9. The first-order chi connectivity index (χ1) is 14.1. The van der Waals surface area contributed by atoms with Crippen LogP contribution in [-0.4, -0.2) is 43.2 Å². The second-order valence-corrected chi connectivity index (χ2v) is 7.18. The third kappa shape index (κ3) is 7.62. The molecule has 1 saturated heterocycles. The van der Waals surface area contributed by atoms with Crippen LogP contribution in [0, 0.1) is 5.82 Å². The summed E-state index contributed by atoms with van der Waals surface area (Å²) in [5.74, 6) is 2.15. The molecule has 30 heavy (non-hydrogen) atoms. The van der Waals surface area contributed by atoms with Crippen LogP contribution >= 0.6 is 24.0 Å². The Hall–Kier alpha value is -2.10. The number of pyridine rings is 1. The second-order valence-electron chi connectivity index (χ2n) is 7.18. The van der Waals surface area contributed by atoms with Crippen molar-refractivity contribution in [2.24, 2.45) is 4.99 Å². The van der Waals surface area contributed by atoms with Crippen LogP contribution in [0.5, 0.6) is 5.75 Å². The molecule has 0 spiro atoms. The average molecular weight is 527 g/mol. The molecule has 2 aromatic rings. The van der Waals surface area contributed by atoms with Crippen LogP contribution in [0.25, 0.3) is 0 Å². The third-order valence-corrected chi connectivity index (χ3v) is 4.71. The number of halogens is 2. The molecule has 1 fully saturated rings. The normalized spacial score (nSPS) is 14.8. The maximum absolute atomic E-state index is 13.0. The molecule has 1 atom stereocenters. The Bertz CT molecular complexity index is 779. The van der Waals surface area contributed by atoms with E-state index < -0.39 is 0 Å². The van der Waals surface area contributed by atoms with Gasteiger partial charge in [0, 0.05) is 25.8 Å². The molecule has 1 aromatic carbocycles. The minimum absolute atomic E-state index is 0. The van der Waals surface area contributed by atoms with Gasteiger partial charge in [-0.25, -0.2) is 14.4 Å². The topological polar surface area (TPSA) is 61.8 Å². The number of rotatable bonds is 8. The van der Waals surface area contributed by atoms with Crippen molar-refractivity contribution in [1.29, 1.82) is 0 Å². The second kappa shape index (κ2) is 12.6. The molecule has 1 aromatic heterocycles. The summed E-state index contributed by atoms with van der Waals surface area (Å²) in [4.78, 5) is 11.5. The van der Waals surface area contributed by atoms with Gasteiger partial charge in [0.15, 0.2) is 5.96 Å². The highest BCUT2D eigenvalue weighted by molar-refractivity contribution is 14.0. The Morgan fingerprint density at radius 3 is 2.53 bits per heavy atom. The number of aliphatic imine (C=N–C) groups is 1. The van der Waals surface area contributed by atoms with E-state index in [4.69, 9.17) is 4.74 Å². The number of hydrogen-bond donors (Lipinski definition) is 2. The van der Waals surface area contributed by atoms with Crippen LogP contribution in [0.4, 0.5) is 10.2 Å². The Balaban J connectivity index is 0.00000320. The summed E-state index contributed by atoms with van der Waals surface area (Å²) in [5.41, 5.74) is 1.07. The lowest BCUT2D eigenvalue weighted by Crippen LogP contribution is -2.41. The van der Waals surface area contributed by atoms with E-state index in [1.54, 1.807) is 12.1 Å². The minimum atomic E-state index is -0.271. The molecule has 8 heteroatoms. The Morgan fingerprint density at radius 1 is 1.17 bits per heavy atom. The maximum atomic E-state index is 13.0. The van der Waals surface area contributed by atoms with E-state index in [-0.39, 0.29) is 35.9 Å². The zero-order chi connectivity index (χ0) is 20.5. The fourth-order valence-electron chi connectivity index (χ4n) is 3.18. The molecule has 2 N–H and O–H groups in total. The van der Waals surface area contributed by atoms with Gasteiger partial charge in [0.05, 0.1) is 13.1 Å². The van der Waals surface area contributed by atoms with Gasteiger partial charge in [-0.05, 0) is 62.6 Å². The Kier molecular flexibility index (Phi) is 10.1. The van der Waals surface area contributed by atoms with Crippen molar-refractivity contribution >= 4 is 35.8 Å². The summed E-state index contributed by atoms with van der Waals surface area (Å²) in [5, 5.41) is 6.53. The molecule has 1 aliphatic rings. The number of nitrogens with zero attached hydrogens (tertiary/aromatic N) is 3. The van der Waals surface area contributed by atoms with Crippen LogP contribution in [0.15, 0.2) is 47.6 Å². The monoisotopic (exact) mass is 527 g/mol. The molecule has 1 unspecified atom stereocenters. The zero-order valence-electron chi connectivity index (χ0n) is 17.6. The molecular formula is C22H31FIN5O. The average Bonchev–Trinajstić information content (AvgIpc) is 3.27. The van der Waals surface area contributed by atoms with Gasteiger partial charge in [0.2, 0.25) is 0 Å². The first-order valence-corrected chi connectivity index (χ1v) is 10.3. The largest absolute Gasteiger partial charge is 0.489 e. The van der Waals surface area contributed by atoms with Gasteiger partial charge in [0.1, 0.15) is 23.5 Å². The smallest absolute Gasteiger partial charge is 0.191 e. The van der Waals surface area contributed by atoms with E-state index in [2.05, 4.69) is 37.6 Å². The number of ether oxygens (including phenoxy) is 1. The van der Waals surface area contributed by atoms with Gasteiger partial charge < -0.3 is 20.3 Å². The van der Waals surface area contributed by atoms with Crippen molar-refractivity contribution in [2.45, 2.75) is 39.3 Å². The summed E-state index contributed by atoms with van der Waals surface area (Å²) < 4.78 is 18.8. The summed E-state index contributed by atoms with van der Waals surface area (Å²) in [6.45, 7) is 8.08. The van der Waals surface area contributed by atoms with Crippen molar-refractivity contribution < 1.29 is 9.13 Å². The SMILES string of the molecule is CCNC(=NCc1ccc(N2CCCC2)nc1)NCC(C)Oc1ccc(F)cc1.I. The third-order valence-electron chi connectivity index (χ3n) is 4.71. The summed E-state index contributed by atoms with van der Waals surface area (Å²) in [6, 6.07) is 10.2. The lowest BCUT2D eigenvalue weighted by atomic mass is 10.3. The van der Waals surface area contributed by atoms with Crippen LogP contribution in [0.3, 0.4) is 0 Å². The van der Waals surface area contributed by atoms with E-state index in [0.29, 0.717) is 18.8 Å². The fourth-order valence-corrected chi connectivity index (χ4v) is 3.18. The van der Waals surface area contributed by atoms with E-state index in [0.717, 1.165) is 37.0 Å². The molecule has 1 aliphatic heterocycles. The highest BCUT2D eigenvalue weighted by Gasteiger charge is 2.13. The fraction of sp³-hybridized carbons (Fsp3) is 0.455. The van der Waals surface area contributed by atoms with Gasteiger partial charge in [-0.15, -0.1) is 24.0 Å². The molecule has 164 valence electrons. The van der Waals surface area contributed by atoms with Crippen LogP contribution in [0.2, 0.25) is 0 Å².